The first-order chi connectivity index (χ1) is 13.5. The molecule has 0 unspecified atom stereocenters. The first kappa shape index (κ1) is 22.9. The molecular formula is C13H21N8O7P. The molecule has 0 aliphatic rings. The Kier molecular flexibility index (Phi) is 7.11. The van der Waals surface area contributed by atoms with Crippen molar-refractivity contribution in [3.63, 3.8) is 0 Å². The number of hydrogen-bond donors (Lipinski definition) is 5. The van der Waals surface area contributed by atoms with Crippen LogP contribution in [0.3, 0.4) is 0 Å². The summed E-state index contributed by atoms with van der Waals surface area (Å²) in [6.45, 7) is 2.01. The van der Waals surface area contributed by atoms with E-state index in [9.17, 15) is 14.8 Å². The Morgan fingerprint density at radius 2 is 2.14 bits per heavy atom. The van der Waals surface area contributed by atoms with Gasteiger partial charge < -0.3 is 30.5 Å². The summed E-state index contributed by atoms with van der Waals surface area (Å²) < 4.78 is 22.5. The number of fused-ring (bicyclic) bond motifs is 1. The zero-order valence-corrected chi connectivity index (χ0v) is 16.4. The van der Waals surface area contributed by atoms with Crippen LogP contribution in [0.25, 0.3) is 21.6 Å². The zero-order chi connectivity index (χ0) is 21.8. The highest BCUT2D eigenvalue weighted by molar-refractivity contribution is 7.46. The van der Waals surface area contributed by atoms with E-state index in [2.05, 4.69) is 29.5 Å². The Morgan fingerprint density at radius 3 is 2.72 bits per heavy atom. The van der Waals surface area contributed by atoms with Crippen LogP contribution in [0.4, 0.5) is 11.8 Å². The highest BCUT2D eigenvalue weighted by Crippen LogP contribution is 2.42. The van der Waals surface area contributed by atoms with Crippen molar-refractivity contribution in [1.82, 2.24) is 19.5 Å². The van der Waals surface area contributed by atoms with Gasteiger partial charge in [-0.15, -0.1) is 0 Å². The van der Waals surface area contributed by atoms with Gasteiger partial charge in [-0.05, 0) is 30.9 Å². The van der Waals surface area contributed by atoms with Gasteiger partial charge in [0.2, 0.25) is 5.95 Å². The van der Waals surface area contributed by atoms with Crippen LogP contribution < -0.4 is 5.73 Å². The third-order valence-corrected chi connectivity index (χ3v) is 4.48. The fourth-order valence-electron chi connectivity index (χ4n) is 2.50. The van der Waals surface area contributed by atoms with Gasteiger partial charge in [0.15, 0.2) is 23.2 Å². The predicted molar refractivity (Wildman–Crippen MR) is 98.4 cm³/mol. The molecular weight excluding hydrogens is 411 g/mol. The quantitative estimate of drug-likeness (QED) is 0.150. The number of phosphoric ester groups is 1. The van der Waals surface area contributed by atoms with Gasteiger partial charge >= 0.3 is 7.82 Å². The van der Waals surface area contributed by atoms with E-state index in [1.54, 1.807) is 0 Å². The number of aliphatic hydroxyl groups excluding tert-OH is 2. The molecule has 0 radical (unpaired) electrons. The fraction of sp³-hybridized carbons (Fsp3) is 0.615. The topological polar surface area (TPSA) is 235 Å². The molecule has 2 atom stereocenters. The number of hydrogen-bond acceptors (Lipinski definition) is 10. The Hall–Kier alpha value is -2.35. The molecule has 2 rings (SSSR count). The fourth-order valence-corrected chi connectivity index (χ4v) is 3.24. The average Bonchev–Trinajstić information content (AvgIpc) is 2.96. The first-order valence-corrected chi connectivity index (χ1v) is 9.72. The number of rotatable bonds is 10. The van der Waals surface area contributed by atoms with E-state index in [4.69, 9.17) is 25.8 Å². The lowest BCUT2D eigenvalue weighted by Crippen LogP contribution is -2.32. The number of nitrogens with zero attached hydrogens (tertiary/aromatic N) is 7. The van der Waals surface area contributed by atoms with Gasteiger partial charge in [-0.25, -0.2) is 19.5 Å². The molecule has 29 heavy (non-hydrogen) atoms. The maximum Gasteiger partial charge on any atom is 0.470 e. The van der Waals surface area contributed by atoms with E-state index in [-0.39, 0.29) is 36.0 Å². The second-order valence-corrected chi connectivity index (χ2v) is 7.67. The lowest BCUT2D eigenvalue weighted by molar-refractivity contribution is -0.105. The summed E-state index contributed by atoms with van der Waals surface area (Å²) in [5, 5.41) is 23.1. The molecule has 0 saturated heterocycles. The third-order valence-electron chi connectivity index (χ3n) is 3.75. The maximum atomic E-state index is 11.1. The average molecular weight is 432 g/mol. The van der Waals surface area contributed by atoms with Gasteiger partial charge in [0, 0.05) is 4.91 Å². The van der Waals surface area contributed by atoms with Gasteiger partial charge in [-0.2, -0.15) is 0 Å². The Morgan fingerprint density at radius 1 is 1.45 bits per heavy atom. The minimum Gasteiger partial charge on any atom is -0.394 e. The van der Waals surface area contributed by atoms with Gasteiger partial charge in [0.1, 0.15) is 12.4 Å². The lowest BCUT2D eigenvalue weighted by atomic mass is 10.1. The second kappa shape index (κ2) is 8.98. The summed E-state index contributed by atoms with van der Waals surface area (Å²) in [6, 6.07) is 0. The molecule has 0 saturated carbocycles. The highest BCUT2D eigenvalue weighted by Gasteiger charge is 2.31. The van der Waals surface area contributed by atoms with Gasteiger partial charge in [0.05, 0.1) is 18.8 Å². The van der Waals surface area contributed by atoms with Crippen molar-refractivity contribution in [3.05, 3.63) is 16.8 Å². The number of nitrogen functional groups attached to an aromatic ring is 1. The number of anilines is 1. The van der Waals surface area contributed by atoms with Crippen LogP contribution in [0, 0.1) is 0 Å². The minimum absolute atomic E-state index is 0.00319. The Balaban J connectivity index is 2.36. The number of nitrogens with two attached hydrogens (primary N) is 1. The number of aliphatic hydroxyl groups is 2. The molecule has 6 N–H and O–H groups in total. The predicted octanol–water partition coefficient (Wildman–Crippen LogP) is 0.497. The van der Waals surface area contributed by atoms with Crippen molar-refractivity contribution in [3.8, 4) is 0 Å². The summed E-state index contributed by atoms with van der Waals surface area (Å²) in [5.74, 6) is -0.241. The van der Waals surface area contributed by atoms with E-state index in [0.29, 0.717) is 0 Å². The lowest BCUT2D eigenvalue weighted by Gasteiger charge is -2.28. The van der Waals surface area contributed by atoms with Crippen LogP contribution in [0.1, 0.15) is 26.5 Å². The normalized spacial score (nSPS) is 14.6. The molecule has 2 aromatic heterocycles. The SMILES string of the molecule is CC(C)(CCO[C@H]([C@H](O)CO)n1c(N=[N+]=[N-])nc2c(N)ncnc21)OP(=O)(O)O. The molecule has 16 heteroatoms. The number of aromatic nitrogens is 4. The van der Waals surface area contributed by atoms with Crippen LogP contribution in [-0.4, -0.2) is 64.4 Å². The molecule has 0 aromatic carbocycles. The second-order valence-electron chi connectivity index (χ2n) is 6.51. The van der Waals surface area contributed by atoms with Crippen LogP contribution >= 0.6 is 7.82 Å². The molecule has 0 fully saturated rings. The van der Waals surface area contributed by atoms with E-state index in [0.717, 1.165) is 10.9 Å². The monoisotopic (exact) mass is 432 g/mol. The Bertz CT molecular complexity index is 954. The van der Waals surface area contributed by atoms with Crippen molar-refractivity contribution in [2.24, 2.45) is 5.11 Å². The zero-order valence-electron chi connectivity index (χ0n) is 15.5. The summed E-state index contributed by atoms with van der Waals surface area (Å²) in [4.78, 5) is 32.4. The highest BCUT2D eigenvalue weighted by atomic mass is 31.2. The van der Waals surface area contributed by atoms with Crippen LogP contribution in [0.5, 0.6) is 0 Å². The molecule has 0 spiro atoms. The summed E-state index contributed by atoms with van der Waals surface area (Å²) in [6.07, 6.45) is -1.66. The van der Waals surface area contributed by atoms with E-state index >= 15 is 0 Å². The molecule has 0 amide bonds. The van der Waals surface area contributed by atoms with Crippen molar-refractivity contribution in [2.45, 2.75) is 38.2 Å². The molecule has 0 aliphatic heterocycles. The largest absolute Gasteiger partial charge is 0.470 e. The number of ether oxygens (including phenoxy) is 1. The number of imidazole rings is 1. The standard InChI is InChI=1S/C13H21N8O7P/c1-13(2,28-29(24,25)26)3-4-27-11(7(23)5-22)21-10-8(9(14)16-6-17-10)18-12(21)19-20-15/h6-7,11,22-23H,3-5H2,1-2H3,(H2,14,16,17)(H2,24,25,26)/t7-,11-/m1/s1. The summed E-state index contributed by atoms with van der Waals surface area (Å²) >= 11 is 0. The van der Waals surface area contributed by atoms with Crippen LogP contribution in [0.2, 0.25) is 0 Å². The summed E-state index contributed by atoms with van der Waals surface area (Å²) in [7, 11) is -4.73. The van der Waals surface area contributed by atoms with Crippen LogP contribution in [0.15, 0.2) is 11.4 Å². The molecule has 2 aromatic rings. The maximum absolute atomic E-state index is 11.1. The molecule has 0 bridgehead atoms. The van der Waals surface area contributed by atoms with E-state index in [1.807, 2.05) is 0 Å². The van der Waals surface area contributed by atoms with Crippen molar-refractivity contribution in [1.29, 1.82) is 0 Å². The minimum atomic E-state index is -4.73. The molecule has 160 valence electrons. The molecule has 15 nitrogen and oxygen atoms in total. The smallest absolute Gasteiger partial charge is 0.394 e. The van der Waals surface area contributed by atoms with E-state index in [1.165, 1.54) is 13.8 Å². The van der Waals surface area contributed by atoms with Crippen LogP contribution in [-0.2, 0) is 13.8 Å². The van der Waals surface area contributed by atoms with Gasteiger partial charge in [-0.1, -0.05) is 0 Å². The third kappa shape index (κ3) is 5.82. The van der Waals surface area contributed by atoms with Crippen molar-refractivity contribution < 1.29 is 33.8 Å². The van der Waals surface area contributed by atoms with Gasteiger partial charge in [0.25, 0.3) is 0 Å². The van der Waals surface area contributed by atoms with E-state index < -0.39 is 32.4 Å². The Labute approximate surface area is 164 Å². The number of azide groups is 1. The molecule has 2 heterocycles. The van der Waals surface area contributed by atoms with Gasteiger partial charge in [-0.3, -0.25) is 9.09 Å². The van der Waals surface area contributed by atoms with Crippen molar-refractivity contribution >= 4 is 30.8 Å². The number of phosphoric acid groups is 1. The van der Waals surface area contributed by atoms with Crippen molar-refractivity contribution in [2.75, 3.05) is 18.9 Å². The molecule has 0 aliphatic carbocycles. The summed E-state index contributed by atoms with van der Waals surface area (Å²) in [5.41, 5.74) is 13.5. The first-order valence-electron chi connectivity index (χ1n) is 8.19.